The van der Waals surface area contributed by atoms with Crippen molar-refractivity contribution in [3.05, 3.63) is 141 Å². The number of carbonyl (C=O) groups excluding carboxylic acids is 2. The minimum Gasteiger partial charge on any atom is -0.497 e. The van der Waals surface area contributed by atoms with Gasteiger partial charge in [-0.15, -0.1) is 0 Å². The highest BCUT2D eigenvalue weighted by Crippen LogP contribution is 2.51. The van der Waals surface area contributed by atoms with E-state index in [0.29, 0.717) is 36.0 Å². The van der Waals surface area contributed by atoms with Gasteiger partial charge in [-0.3, -0.25) is 23.9 Å². The molecule has 6 aromatic rings. The number of methoxy groups -OCH3 is 1. The second-order valence-corrected chi connectivity index (χ2v) is 31.9. The average molecular weight is 1050 g/mol. The summed E-state index contributed by atoms with van der Waals surface area (Å²) in [6.45, 7) is 22.4. The summed E-state index contributed by atoms with van der Waals surface area (Å²) in [4.78, 5) is 54.6. The summed E-state index contributed by atoms with van der Waals surface area (Å²) >= 11 is 0. The number of nitrogens with zero attached hydrogens (tertiary/aromatic N) is 1. The number of amides is 2. The fraction of sp³-hybridized carbons (Fsp3) is 0.439. The first-order chi connectivity index (χ1) is 35.0. The van der Waals surface area contributed by atoms with Crippen molar-refractivity contribution in [2.75, 3.05) is 40.0 Å². The summed E-state index contributed by atoms with van der Waals surface area (Å²) in [5.74, 6) is 1.85. The van der Waals surface area contributed by atoms with Crippen LogP contribution in [0.5, 0.6) is 23.0 Å². The molecule has 1 fully saturated rings. The van der Waals surface area contributed by atoms with E-state index in [1.165, 1.54) is 10.8 Å². The molecule has 0 spiro atoms. The number of aromatic nitrogens is 2. The predicted octanol–water partition coefficient (Wildman–Crippen LogP) is 9.51. The number of H-pyrrole nitrogens is 1. The molecule has 394 valence electrons. The average Bonchev–Trinajstić information content (AvgIpc) is 3.77. The lowest BCUT2D eigenvalue weighted by atomic mass is 9.85. The Morgan fingerprint density at radius 2 is 1.30 bits per heavy atom. The summed E-state index contributed by atoms with van der Waals surface area (Å²) in [7, 11) is -2.75. The summed E-state index contributed by atoms with van der Waals surface area (Å²) in [5, 5.41) is 9.57. The molecule has 2 aliphatic heterocycles. The van der Waals surface area contributed by atoms with E-state index in [1.807, 2.05) is 60.7 Å². The molecule has 4 unspecified atom stereocenters. The van der Waals surface area contributed by atoms with Crippen LogP contribution in [0.15, 0.2) is 113 Å². The highest BCUT2D eigenvalue weighted by atomic mass is 28.4. The van der Waals surface area contributed by atoms with Crippen LogP contribution < -0.4 is 40.8 Å². The third kappa shape index (κ3) is 11.5. The zero-order valence-electron chi connectivity index (χ0n) is 44.6. The van der Waals surface area contributed by atoms with Gasteiger partial charge >= 0.3 is 5.69 Å². The van der Waals surface area contributed by atoms with Gasteiger partial charge in [0.1, 0.15) is 30.4 Å². The predicted molar refractivity (Wildman–Crippen MR) is 293 cm³/mol. The second kappa shape index (κ2) is 21.5. The van der Waals surface area contributed by atoms with Crippen LogP contribution >= 0.6 is 0 Å². The maximum absolute atomic E-state index is 13.3. The lowest BCUT2D eigenvalue weighted by molar-refractivity contribution is -0.124. The molecule has 4 atom stereocenters. The minimum absolute atomic E-state index is 0.00700. The molecule has 3 N–H and O–H groups in total. The lowest BCUT2D eigenvalue weighted by Crippen LogP contribution is -2.48. The van der Waals surface area contributed by atoms with Crippen molar-refractivity contribution in [2.45, 2.75) is 121 Å². The number of aromatic amines is 1. The maximum atomic E-state index is 13.3. The molecule has 3 heterocycles. The van der Waals surface area contributed by atoms with Crippen LogP contribution in [0.2, 0.25) is 36.3 Å². The van der Waals surface area contributed by atoms with Crippen molar-refractivity contribution in [1.82, 2.24) is 20.2 Å². The van der Waals surface area contributed by atoms with Crippen LogP contribution in [0.4, 0.5) is 0 Å². The quantitative estimate of drug-likeness (QED) is 0.0425. The number of nitrogens with one attached hydrogen (secondary N) is 3. The van der Waals surface area contributed by atoms with Crippen LogP contribution in [0.25, 0.3) is 21.5 Å². The van der Waals surface area contributed by atoms with E-state index in [1.54, 1.807) is 19.2 Å². The van der Waals surface area contributed by atoms with Crippen molar-refractivity contribution < 1.29 is 42.1 Å². The Morgan fingerprint density at radius 3 is 1.88 bits per heavy atom. The van der Waals surface area contributed by atoms with Gasteiger partial charge in [-0.1, -0.05) is 114 Å². The van der Waals surface area contributed by atoms with Crippen LogP contribution in [0, 0.1) is 0 Å². The Kier molecular flexibility index (Phi) is 15.7. The highest BCUT2D eigenvalue weighted by molar-refractivity contribution is 6.74. The lowest BCUT2D eigenvalue weighted by Gasteiger charge is -2.40. The van der Waals surface area contributed by atoms with Gasteiger partial charge in [0, 0.05) is 59.6 Å². The number of hydrogen-bond acceptors (Lipinski definition) is 11. The third-order valence-electron chi connectivity index (χ3n) is 15.4. The maximum Gasteiger partial charge on any atom is 0.330 e. The molecule has 2 aliphatic rings. The van der Waals surface area contributed by atoms with Crippen LogP contribution in [-0.2, 0) is 35.2 Å². The molecule has 1 aromatic heterocycles. The fourth-order valence-electron chi connectivity index (χ4n) is 8.90. The molecule has 2 amide bonds. The van der Waals surface area contributed by atoms with Crippen molar-refractivity contribution in [2.24, 2.45) is 0 Å². The van der Waals surface area contributed by atoms with E-state index in [9.17, 15) is 19.2 Å². The number of rotatable bonds is 18. The fourth-order valence-corrected chi connectivity index (χ4v) is 11.3. The normalized spacial score (nSPS) is 19.1. The van der Waals surface area contributed by atoms with E-state index in [-0.39, 0.29) is 72.7 Å². The zero-order valence-corrected chi connectivity index (χ0v) is 46.6. The number of benzene rings is 5. The third-order valence-corrected chi connectivity index (χ3v) is 24.4. The second-order valence-electron chi connectivity index (χ2n) is 22.4. The molecule has 5 aromatic carbocycles. The molecule has 0 bridgehead atoms. The first-order valence-corrected chi connectivity index (χ1v) is 31.3. The van der Waals surface area contributed by atoms with E-state index in [4.69, 9.17) is 32.5 Å². The zero-order chi connectivity index (χ0) is 53.2. The summed E-state index contributed by atoms with van der Waals surface area (Å²) in [6, 6.07) is 31.5. The number of fused-ring (bicyclic) bond motifs is 6. The topological polar surface area (TPSA) is 178 Å². The Labute approximate surface area is 435 Å². The van der Waals surface area contributed by atoms with Gasteiger partial charge in [0.2, 0.25) is 5.91 Å². The molecule has 8 rings (SSSR count). The SMILES string of the molecule is COc1ccc(C2(c3ccc(OCC(=O)NCCNC(=O)CCc4cn(C5CC(O[Si](C)(C)C(C)(C)C)C(CO[Si](C)(C)C(C)(C)C)O5)c(=O)[nH]c4=O)cc3)COc3c(c4ccccc4c4ccccc34)O2)cc1. The molecule has 0 saturated carbocycles. The molecule has 0 radical (unpaired) electrons. The standard InChI is InChI=1S/C57H72N4O11Si2/c1-55(2,3)73(8,9)69-34-47-46(72-74(10,11)56(4,5)6)32-50(70-47)61-33-37(53(64)60-54(61)65)20-29-48(62)58-30-31-59-49(63)35-67-41-27-23-39(24-28-41)57(38-21-25-40(66-7)26-22-38)36-68-51-44-18-14-12-16-42(44)43-17-13-15-19-45(43)52(51)71-57/h12-19,21-28,33,46-47,50H,20,29-32,34-36H2,1-11H3,(H,58,62)(H,59,63)(H,60,64,65). The first kappa shape index (κ1) is 54.0. The van der Waals surface area contributed by atoms with E-state index in [0.717, 1.165) is 32.7 Å². The molecule has 1 saturated heterocycles. The highest BCUT2D eigenvalue weighted by Gasteiger charge is 2.47. The minimum atomic E-state index is -2.24. The van der Waals surface area contributed by atoms with Crippen molar-refractivity contribution in [3.8, 4) is 23.0 Å². The van der Waals surface area contributed by atoms with Gasteiger partial charge in [0.05, 0.1) is 19.8 Å². The molecule has 74 heavy (non-hydrogen) atoms. The molecule has 0 aliphatic carbocycles. The van der Waals surface area contributed by atoms with Gasteiger partial charge in [-0.25, -0.2) is 4.79 Å². The van der Waals surface area contributed by atoms with Crippen molar-refractivity contribution >= 4 is 50.0 Å². The van der Waals surface area contributed by atoms with Gasteiger partial charge < -0.3 is 43.2 Å². The van der Waals surface area contributed by atoms with Crippen LogP contribution in [0.1, 0.15) is 77.3 Å². The van der Waals surface area contributed by atoms with Crippen LogP contribution in [0.3, 0.4) is 0 Å². The Balaban J connectivity index is 0.849. The molecular formula is C57H72N4O11Si2. The van der Waals surface area contributed by atoms with Crippen molar-refractivity contribution in [3.63, 3.8) is 0 Å². The van der Waals surface area contributed by atoms with E-state index in [2.05, 4.69) is 108 Å². The Bertz CT molecular complexity index is 3110. The molecule has 17 heteroatoms. The monoisotopic (exact) mass is 1040 g/mol. The van der Waals surface area contributed by atoms with Gasteiger partial charge in [-0.05, 0) is 77.7 Å². The Hall–Kier alpha value is -6.25. The number of carbonyl (C=O) groups is 2. The summed E-state index contributed by atoms with van der Waals surface area (Å²) in [5.41, 5.74) is -0.235. The number of aryl methyl sites for hydroxylation is 1. The van der Waals surface area contributed by atoms with Crippen LogP contribution in [-0.4, -0.2) is 90.2 Å². The number of ether oxygens (including phenoxy) is 5. The van der Waals surface area contributed by atoms with E-state index < -0.39 is 45.8 Å². The van der Waals surface area contributed by atoms with E-state index >= 15 is 0 Å². The first-order valence-electron chi connectivity index (χ1n) is 25.5. The molecule has 15 nitrogen and oxygen atoms in total. The van der Waals surface area contributed by atoms with Crippen molar-refractivity contribution in [1.29, 1.82) is 0 Å². The smallest absolute Gasteiger partial charge is 0.330 e. The van der Waals surface area contributed by atoms with Gasteiger partial charge in [0.25, 0.3) is 11.5 Å². The summed E-state index contributed by atoms with van der Waals surface area (Å²) < 4.78 is 46.7. The Morgan fingerprint density at radius 1 is 0.743 bits per heavy atom. The van der Waals surface area contributed by atoms with Gasteiger partial charge in [0.15, 0.2) is 40.3 Å². The summed E-state index contributed by atoms with van der Waals surface area (Å²) in [6.07, 6.45) is 0.510. The largest absolute Gasteiger partial charge is 0.497 e. The number of hydrogen-bond donors (Lipinski definition) is 3. The molecular weight excluding hydrogens is 973 g/mol. The van der Waals surface area contributed by atoms with Gasteiger partial charge in [-0.2, -0.15) is 0 Å².